The van der Waals surface area contributed by atoms with E-state index in [4.69, 9.17) is 0 Å². The number of carbonyl (C=O) groups is 1. The van der Waals surface area contributed by atoms with Gasteiger partial charge in [0.25, 0.3) is 5.91 Å². The van der Waals surface area contributed by atoms with Crippen molar-refractivity contribution in [2.45, 2.75) is 24.7 Å². The molecule has 0 aliphatic carbocycles. The summed E-state index contributed by atoms with van der Waals surface area (Å²) in [6, 6.07) is 15.1. The van der Waals surface area contributed by atoms with Gasteiger partial charge >= 0.3 is 0 Å². The molecule has 0 aromatic heterocycles. The highest BCUT2D eigenvalue weighted by Gasteiger charge is 2.28. The molecule has 3 N–H and O–H groups in total. The van der Waals surface area contributed by atoms with Crippen LogP contribution in [0, 0.1) is 0 Å². The van der Waals surface area contributed by atoms with Crippen molar-refractivity contribution >= 4 is 49.7 Å². The average Bonchev–Trinajstić information content (AvgIpc) is 3.09. The molecule has 160 valence electrons. The van der Waals surface area contributed by atoms with Crippen molar-refractivity contribution in [3.05, 3.63) is 71.4 Å². The summed E-state index contributed by atoms with van der Waals surface area (Å²) in [6.45, 7) is 2.05. The van der Waals surface area contributed by atoms with Crippen LogP contribution in [0.2, 0.25) is 0 Å². The van der Waals surface area contributed by atoms with E-state index in [2.05, 4.69) is 27.5 Å². The largest absolute Gasteiger partial charge is 0.354 e. The van der Waals surface area contributed by atoms with Gasteiger partial charge in [-0.15, -0.1) is 0 Å². The first-order valence-electron chi connectivity index (χ1n) is 9.79. The van der Waals surface area contributed by atoms with Crippen molar-refractivity contribution in [1.29, 1.82) is 0 Å². The van der Waals surface area contributed by atoms with Crippen LogP contribution in [0.3, 0.4) is 0 Å². The van der Waals surface area contributed by atoms with Gasteiger partial charge in [-0.25, -0.2) is 13.8 Å². The number of rotatable bonds is 6. The number of hydrogen-bond donors (Lipinski definition) is 3. The number of benzene rings is 2. The Morgan fingerprint density at radius 2 is 1.84 bits per heavy atom. The number of thioether (sulfide) groups is 1. The first kappa shape index (κ1) is 21.2. The van der Waals surface area contributed by atoms with Crippen LogP contribution < -0.4 is 15.5 Å². The monoisotopic (exact) mass is 454 g/mol. The van der Waals surface area contributed by atoms with Crippen LogP contribution in [0.15, 0.2) is 75.9 Å². The highest BCUT2D eigenvalue weighted by atomic mass is 32.2. The number of carbonyl (C=O) groups excluding carboxylic acids is 1. The van der Waals surface area contributed by atoms with Crippen molar-refractivity contribution in [2.75, 3.05) is 16.3 Å². The SMILES string of the molecule is CCCC1=NNC(=O)/C1=C1/C=C(Sc2ccc(NS(C)(=O)=O)cc2)c2ccccc2N1. The maximum Gasteiger partial charge on any atom is 0.275 e. The number of hydrazone groups is 1. The topological polar surface area (TPSA) is 99.7 Å². The second-order valence-electron chi connectivity index (χ2n) is 7.22. The molecule has 1 amide bonds. The third-order valence-corrected chi connectivity index (χ3v) is 6.36. The van der Waals surface area contributed by atoms with Crippen LogP contribution >= 0.6 is 11.8 Å². The Hall–Kier alpha value is -3.04. The quantitative estimate of drug-likeness (QED) is 0.569. The maximum absolute atomic E-state index is 12.5. The molecule has 0 unspecified atom stereocenters. The number of amides is 1. The summed E-state index contributed by atoms with van der Waals surface area (Å²) in [6.07, 6.45) is 4.70. The summed E-state index contributed by atoms with van der Waals surface area (Å²) in [5.41, 5.74) is 7.08. The number of hydrogen-bond acceptors (Lipinski definition) is 6. The van der Waals surface area contributed by atoms with Gasteiger partial charge in [-0.2, -0.15) is 5.10 Å². The van der Waals surface area contributed by atoms with Gasteiger partial charge in [-0.3, -0.25) is 9.52 Å². The minimum atomic E-state index is -3.32. The fourth-order valence-electron chi connectivity index (χ4n) is 3.40. The summed E-state index contributed by atoms with van der Waals surface area (Å²) in [4.78, 5) is 14.4. The van der Waals surface area contributed by atoms with Gasteiger partial charge in [0.05, 0.1) is 23.2 Å². The van der Waals surface area contributed by atoms with E-state index < -0.39 is 10.0 Å². The Bertz CT molecular complexity index is 1230. The highest BCUT2D eigenvalue weighted by Crippen LogP contribution is 2.42. The lowest BCUT2D eigenvalue weighted by atomic mass is 10.0. The lowest BCUT2D eigenvalue weighted by molar-refractivity contribution is -0.116. The van der Waals surface area contributed by atoms with Gasteiger partial charge in [0.1, 0.15) is 0 Å². The summed E-state index contributed by atoms with van der Waals surface area (Å²) >= 11 is 1.55. The molecule has 7 nitrogen and oxygen atoms in total. The number of allylic oxidation sites excluding steroid dienone is 1. The van der Waals surface area contributed by atoms with Crippen molar-refractivity contribution < 1.29 is 13.2 Å². The van der Waals surface area contributed by atoms with Crippen molar-refractivity contribution in [3.8, 4) is 0 Å². The van der Waals surface area contributed by atoms with E-state index in [0.717, 1.165) is 45.1 Å². The molecule has 4 rings (SSSR count). The van der Waals surface area contributed by atoms with Crippen LogP contribution in [0.5, 0.6) is 0 Å². The second-order valence-corrected chi connectivity index (χ2v) is 10.1. The predicted octanol–water partition coefficient (Wildman–Crippen LogP) is 4.16. The molecule has 0 fully saturated rings. The summed E-state index contributed by atoms with van der Waals surface area (Å²) in [5.74, 6) is -0.206. The Morgan fingerprint density at radius 1 is 1.10 bits per heavy atom. The molecule has 2 heterocycles. The van der Waals surface area contributed by atoms with E-state index in [0.29, 0.717) is 17.7 Å². The highest BCUT2D eigenvalue weighted by molar-refractivity contribution is 8.08. The smallest absolute Gasteiger partial charge is 0.275 e. The lowest BCUT2D eigenvalue weighted by Crippen LogP contribution is -2.19. The molecular weight excluding hydrogens is 432 g/mol. The molecule has 0 spiro atoms. The van der Waals surface area contributed by atoms with E-state index in [1.807, 2.05) is 42.5 Å². The fourth-order valence-corrected chi connectivity index (χ4v) is 4.96. The Morgan fingerprint density at radius 3 is 2.55 bits per heavy atom. The number of nitrogens with one attached hydrogen (secondary N) is 3. The number of para-hydroxylation sites is 1. The second kappa shape index (κ2) is 8.60. The molecule has 31 heavy (non-hydrogen) atoms. The molecule has 2 aromatic carbocycles. The van der Waals surface area contributed by atoms with Gasteiger partial charge in [-0.1, -0.05) is 43.3 Å². The Kier molecular flexibility index (Phi) is 5.88. The lowest BCUT2D eigenvalue weighted by Gasteiger charge is -2.22. The van der Waals surface area contributed by atoms with Crippen LogP contribution in [-0.2, 0) is 14.8 Å². The summed E-state index contributed by atoms with van der Waals surface area (Å²) in [5, 5.41) is 7.57. The zero-order valence-corrected chi connectivity index (χ0v) is 18.7. The molecular formula is C22H22N4O3S2. The van der Waals surface area contributed by atoms with Gasteiger partial charge in [0.15, 0.2) is 0 Å². The zero-order chi connectivity index (χ0) is 22.0. The summed E-state index contributed by atoms with van der Waals surface area (Å²) in [7, 11) is -3.32. The molecule has 2 aromatic rings. The molecule has 0 bridgehead atoms. The third kappa shape index (κ3) is 4.83. The standard InChI is InChI=1S/C22H22N4O3S2/c1-3-6-18-21(22(27)25-24-18)19-13-20(16-7-4-5-8-17(16)23-19)30-15-11-9-14(10-12-15)26-31(2,28)29/h4-5,7-13,23,26H,3,6H2,1-2H3,(H,25,27)/b21-19-. The van der Waals surface area contributed by atoms with Gasteiger partial charge in [0.2, 0.25) is 10.0 Å². The van der Waals surface area contributed by atoms with Gasteiger partial charge in [0, 0.05) is 26.7 Å². The van der Waals surface area contributed by atoms with Crippen molar-refractivity contribution in [2.24, 2.45) is 5.10 Å². The normalized spacial score (nSPS) is 17.9. The Labute approximate surface area is 185 Å². The van der Waals surface area contributed by atoms with Crippen LogP contribution in [0.1, 0.15) is 25.3 Å². The minimum absolute atomic E-state index is 0.206. The van der Waals surface area contributed by atoms with E-state index in [-0.39, 0.29) is 5.91 Å². The first-order chi connectivity index (χ1) is 14.8. The number of sulfonamides is 1. The maximum atomic E-state index is 12.5. The van der Waals surface area contributed by atoms with E-state index in [9.17, 15) is 13.2 Å². The zero-order valence-electron chi connectivity index (χ0n) is 17.1. The van der Waals surface area contributed by atoms with E-state index in [1.165, 1.54) is 0 Å². The van der Waals surface area contributed by atoms with Gasteiger partial charge in [-0.05, 0) is 42.8 Å². The van der Waals surface area contributed by atoms with Crippen molar-refractivity contribution in [1.82, 2.24) is 5.43 Å². The first-order valence-corrected chi connectivity index (χ1v) is 12.5. The fraction of sp³-hybridized carbons (Fsp3) is 0.182. The van der Waals surface area contributed by atoms with E-state index in [1.54, 1.807) is 23.9 Å². The number of anilines is 2. The average molecular weight is 455 g/mol. The van der Waals surface area contributed by atoms with Crippen LogP contribution in [0.25, 0.3) is 4.91 Å². The minimum Gasteiger partial charge on any atom is -0.354 e. The molecule has 0 saturated heterocycles. The van der Waals surface area contributed by atoms with Crippen molar-refractivity contribution in [3.63, 3.8) is 0 Å². The Balaban J connectivity index is 1.70. The number of nitrogens with zero attached hydrogens (tertiary/aromatic N) is 1. The van der Waals surface area contributed by atoms with Crippen LogP contribution in [0.4, 0.5) is 11.4 Å². The predicted molar refractivity (Wildman–Crippen MR) is 126 cm³/mol. The molecule has 2 aliphatic heterocycles. The van der Waals surface area contributed by atoms with E-state index >= 15 is 0 Å². The van der Waals surface area contributed by atoms with Gasteiger partial charge < -0.3 is 5.32 Å². The molecule has 0 saturated carbocycles. The van der Waals surface area contributed by atoms with Crippen LogP contribution in [-0.4, -0.2) is 26.3 Å². The molecule has 9 heteroatoms. The summed E-state index contributed by atoms with van der Waals surface area (Å²) < 4.78 is 25.3. The molecule has 0 radical (unpaired) electrons. The third-order valence-electron chi connectivity index (χ3n) is 4.69. The molecule has 0 atom stereocenters. The molecule has 2 aliphatic rings. The number of fused-ring (bicyclic) bond motifs is 1.